The fraction of sp³-hybridized carbons (Fsp3) is 0.158. The van der Waals surface area contributed by atoms with Crippen LogP contribution in [0.4, 0.5) is 5.95 Å². The summed E-state index contributed by atoms with van der Waals surface area (Å²) < 4.78 is 12.5. The van der Waals surface area contributed by atoms with Crippen molar-refractivity contribution < 1.29 is 14.6 Å². The first kappa shape index (κ1) is 16.0. The molecule has 2 N–H and O–H groups in total. The van der Waals surface area contributed by atoms with Crippen molar-refractivity contribution in [3.63, 3.8) is 0 Å². The maximum Gasteiger partial charge on any atom is 0.226 e. The molecule has 1 aliphatic rings. The molecule has 132 valence electrons. The molecule has 0 bridgehead atoms. The highest BCUT2D eigenvalue weighted by Gasteiger charge is 2.25. The van der Waals surface area contributed by atoms with Crippen LogP contribution in [0.3, 0.4) is 0 Å². The maximum absolute atomic E-state index is 10.2. The monoisotopic (exact) mass is 350 g/mol. The Labute approximate surface area is 150 Å². The first-order valence-corrected chi connectivity index (χ1v) is 8.10. The number of anilines is 1. The van der Waals surface area contributed by atoms with Gasteiger partial charge in [-0.15, -0.1) is 0 Å². The molecule has 0 aliphatic carbocycles. The highest BCUT2D eigenvalue weighted by molar-refractivity contribution is 5.80. The van der Waals surface area contributed by atoms with Crippen LogP contribution in [0.5, 0.6) is 17.2 Å². The maximum atomic E-state index is 10.2. The van der Waals surface area contributed by atoms with E-state index in [9.17, 15) is 5.11 Å². The Morgan fingerprint density at radius 1 is 1.08 bits per heavy atom. The number of aromatic nitrogens is 3. The smallest absolute Gasteiger partial charge is 0.226 e. The standard InChI is InChI=1S/C19H18N4O3/c1-25-17-8-7-12(9-18(17)26-2)15-10-14(13-5-3-4-6-16(13)24)22-19-20-11-21-23(15)19/h3-11,15,24H,1-2H3,(H,20,21,22)/t15-/m1/s1. The van der Waals surface area contributed by atoms with Crippen molar-refractivity contribution >= 4 is 11.6 Å². The van der Waals surface area contributed by atoms with E-state index in [1.54, 1.807) is 31.0 Å². The third-order valence-electron chi connectivity index (χ3n) is 4.35. The first-order chi connectivity index (χ1) is 12.7. The quantitative estimate of drug-likeness (QED) is 0.753. The van der Waals surface area contributed by atoms with Crippen molar-refractivity contribution in [3.8, 4) is 17.2 Å². The lowest BCUT2D eigenvalue weighted by molar-refractivity contribution is 0.354. The molecule has 0 fully saturated rings. The largest absolute Gasteiger partial charge is 0.507 e. The van der Waals surface area contributed by atoms with Crippen molar-refractivity contribution in [3.05, 3.63) is 66.0 Å². The fourth-order valence-corrected chi connectivity index (χ4v) is 3.07. The van der Waals surface area contributed by atoms with Gasteiger partial charge >= 0.3 is 0 Å². The Morgan fingerprint density at radius 2 is 1.88 bits per heavy atom. The lowest BCUT2D eigenvalue weighted by Gasteiger charge is -2.25. The minimum absolute atomic E-state index is 0.199. The Balaban J connectivity index is 1.83. The van der Waals surface area contributed by atoms with Gasteiger partial charge < -0.3 is 19.9 Å². The molecule has 0 saturated carbocycles. The van der Waals surface area contributed by atoms with Gasteiger partial charge in [-0.25, -0.2) is 4.68 Å². The molecule has 0 amide bonds. The summed E-state index contributed by atoms with van der Waals surface area (Å²) in [6, 6.07) is 12.7. The second-order valence-corrected chi connectivity index (χ2v) is 5.81. The van der Waals surface area contributed by atoms with E-state index >= 15 is 0 Å². The van der Waals surface area contributed by atoms with E-state index < -0.39 is 0 Å². The minimum atomic E-state index is -0.205. The highest BCUT2D eigenvalue weighted by atomic mass is 16.5. The molecule has 3 aromatic rings. The number of ether oxygens (including phenoxy) is 2. The highest BCUT2D eigenvalue weighted by Crippen LogP contribution is 2.37. The van der Waals surface area contributed by atoms with Gasteiger partial charge in [0.2, 0.25) is 5.95 Å². The average Bonchev–Trinajstić information content (AvgIpc) is 3.15. The molecule has 26 heavy (non-hydrogen) atoms. The van der Waals surface area contributed by atoms with E-state index in [0.29, 0.717) is 23.0 Å². The van der Waals surface area contributed by atoms with Crippen LogP contribution in [0.1, 0.15) is 17.2 Å². The van der Waals surface area contributed by atoms with E-state index in [0.717, 1.165) is 11.3 Å². The minimum Gasteiger partial charge on any atom is -0.507 e. The van der Waals surface area contributed by atoms with Crippen LogP contribution in [-0.4, -0.2) is 34.1 Å². The number of benzene rings is 2. The lowest BCUT2D eigenvalue weighted by atomic mass is 10.0. The molecule has 0 radical (unpaired) electrons. The number of methoxy groups -OCH3 is 2. The van der Waals surface area contributed by atoms with Crippen LogP contribution in [0.15, 0.2) is 54.9 Å². The van der Waals surface area contributed by atoms with Crippen LogP contribution in [0, 0.1) is 0 Å². The Kier molecular flexibility index (Phi) is 3.96. The molecule has 0 unspecified atom stereocenters. The Morgan fingerprint density at radius 3 is 2.65 bits per heavy atom. The lowest BCUT2D eigenvalue weighted by Crippen LogP contribution is -2.20. The van der Waals surface area contributed by atoms with Gasteiger partial charge in [0.05, 0.1) is 19.9 Å². The second kappa shape index (κ2) is 6.44. The van der Waals surface area contributed by atoms with E-state index in [-0.39, 0.29) is 11.8 Å². The third kappa shape index (κ3) is 2.63. The zero-order valence-corrected chi connectivity index (χ0v) is 14.4. The number of phenols is 1. The van der Waals surface area contributed by atoms with Crippen molar-refractivity contribution in [1.29, 1.82) is 0 Å². The molecular formula is C19H18N4O3. The van der Waals surface area contributed by atoms with E-state index in [2.05, 4.69) is 15.4 Å². The van der Waals surface area contributed by atoms with Crippen LogP contribution in [-0.2, 0) is 0 Å². The number of allylic oxidation sites excluding steroid dienone is 1. The van der Waals surface area contributed by atoms with E-state index in [1.807, 2.05) is 36.4 Å². The molecular weight excluding hydrogens is 332 g/mol. The predicted molar refractivity (Wildman–Crippen MR) is 97.4 cm³/mol. The van der Waals surface area contributed by atoms with Crippen molar-refractivity contribution in [1.82, 2.24) is 14.8 Å². The number of nitrogens with one attached hydrogen (secondary N) is 1. The van der Waals surface area contributed by atoms with Crippen molar-refractivity contribution in [2.75, 3.05) is 19.5 Å². The number of phenolic OH excluding ortho intramolecular Hbond substituents is 1. The third-order valence-corrected chi connectivity index (χ3v) is 4.35. The topological polar surface area (TPSA) is 81.4 Å². The predicted octanol–water partition coefficient (Wildman–Crippen LogP) is 3.06. The molecule has 2 aromatic carbocycles. The van der Waals surface area contributed by atoms with Gasteiger partial charge in [0.1, 0.15) is 18.1 Å². The number of fused-ring (bicyclic) bond motifs is 1. The number of rotatable bonds is 4. The van der Waals surface area contributed by atoms with Gasteiger partial charge in [-0.1, -0.05) is 18.2 Å². The molecule has 1 aliphatic heterocycles. The molecule has 1 atom stereocenters. The molecule has 7 heteroatoms. The summed E-state index contributed by atoms with van der Waals surface area (Å²) in [4.78, 5) is 4.28. The molecule has 0 saturated heterocycles. The summed E-state index contributed by atoms with van der Waals surface area (Å²) in [6.45, 7) is 0. The van der Waals surface area contributed by atoms with Gasteiger partial charge in [-0.3, -0.25) is 0 Å². The zero-order valence-electron chi connectivity index (χ0n) is 14.4. The van der Waals surface area contributed by atoms with Gasteiger partial charge in [-0.2, -0.15) is 10.1 Å². The zero-order chi connectivity index (χ0) is 18.1. The Hall–Kier alpha value is -3.48. The summed E-state index contributed by atoms with van der Waals surface area (Å²) >= 11 is 0. The number of para-hydroxylation sites is 1. The summed E-state index contributed by atoms with van der Waals surface area (Å²) in [6.07, 6.45) is 3.50. The van der Waals surface area contributed by atoms with Crippen LogP contribution in [0.25, 0.3) is 5.70 Å². The van der Waals surface area contributed by atoms with Gasteiger partial charge in [0, 0.05) is 5.56 Å². The Bertz CT molecular complexity index is 980. The van der Waals surface area contributed by atoms with E-state index in [1.165, 1.54) is 6.33 Å². The van der Waals surface area contributed by atoms with Gasteiger partial charge in [0.25, 0.3) is 0 Å². The molecule has 4 rings (SSSR count). The fourth-order valence-electron chi connectivity index (χ4n) is 3.07. The number of hydrogen-bond acceptors (Lipinski definition) is 6. The second-order valence-electron chi connectivity index (χ2n) is 5.81. The number of aromatic hydroxyl groups is 1. The number of nitrogens with zero attached hydrogens (tertiary/aromatic N) is 3. The molecule has 1 aromatic heterocycles. The number of hydrogen-bond donors (Lipinski definition) is 2. The first-order valence-electron chi connectivity index (χ1n) is 8.10. The van der Waals surface area contributed by atoms with Crippen LogP contribution in [0.2, 0.25) is 0 Å². The van der Waals surface area contributed by atoms with Gasteiger partial charge in [0.15, 0.2) is 11.5 Å². The molecule has 2 heterocycles. The van der Waals surface area contributed by atoms with Crippen molar-refractivity contribution in [2.24, 2.45) is 0 Å². The normalized spacial score (nSPS) is 15.6. The van der Waals surface area contributed by atoms with Crippen LogP contribution >= 0.6 is 0 Å². The summed E-state index contributed by atoms with van der Waals surface area (Å²) in [5.41, 5.74) is 2.43. The summed E-state index contributed by atoms with van der Waals surface area (Å²) in [5.74, 6) is 2.10. The average molecular weight is 350 g/mol. The van der Waals surface area contributed by atoms with Crippen LogP contribution < -0.4 is 14.8 Å². The molecule has 7 nitrogen and oxygen atoms in total. The summed E-state index contributed by atoms with van der Waals surface area (Å²) in [5, 5.41) is 17.8. The SMILES string of the molecule is COc1ccc([C@H]2C=C(c3ccccc3O)Nc3ncnn32)cc1OC. The van der Waals surface area contributed by atoms with E-state index in [4.69, 9.17) is 9.47 Å². The molecule has 0 spiro atoms. The van der Waals surface area contributed by atoms with Crippen molar-refractivity contribution in [2.45, 2.75) is 6.04 Å². The summed E-state index contributed by atoms with van der Waals surface area (Å²) in [7, 11) is 3.21. The van der Waals surface area contributed by atoms with Gasteiger partial charge in [-0.05, 0) is 35.9 Å².